The number of anilines is 1. The summed E-state index contributed by atoms with van der Waals surface area (Å²) in [4.78, 5) is 26.2. The Morgan fingerprint density at radius 1 is 1.33 bits per heavy atom. The van der Waals surface area contributed by atoms with E-state index < -0.39 is 17.6 Å². The third kappa shape index (κ3) is 3.89. The molecule has 3 aromatic rings. The predicted molar refractivity (Wildman–Crippen MR) is 107 cm³/mol. The van der Waals surface area contributed by atoms with Crippen molar-refractivity contribution in [1.29, 1.82) is 0 Å². The van der Waals surface area contributed by atoms with Crippen LogP contribution in [0.1, 0.15) is 15.9 Å². The number of hydrogen-bond acceptors (Lipinski definition) is 6. The van der Waals surface area contributed by atoms with Gasteiger partial charge in [-0.15, -0.1) is 11.3 Å². The van der Waals surface area contributed by atoms with E-state index in [-0.39, 0.29) is 36.9 Å². The van der Waals surface area contributed by atoms with Gasteiger partial charge in [0, 0.05) is 17.5 Å². The van der Waals surface area contributed by atoms with Crippen molar-refractivity contribution in [3.8, 4) is 5.75 Å². The summed E-state index contributed by atoms with van der Waals surface area (Å²) in [5.41, 5.74) is 5.66. The van der Waals surface area contributed by atoms with Gasteiger partial charge in [0.05, 0.1) is 30.0 Å². The molecule has 30 heavy (non-hydrogen) atoms. The van der Waals surface area contributed by atoms with Gasteiger partial charge in [0.1, 0.15) is 17.9 Å². The molecule has 0 radical (unpaired) electrons. The summed E-state index contributed by atoms with van der Waals surface area (Å²) in [6.07, 6.45) is 0.812. The van der Waals surface area contributed by atoms with Crippen molar-refractivity contribution in [2.24, 2.45) is 5.73 Å². The molecule has 156 valence electrons. The Bertz CT molecular complexity index is 1180. The number of nitrogens with zero attached hydrogens (tertiary/aromatic N) is 3. The number of halogens is 2. The van der Waals surface area contributed by atoms with Gasteiger partial charge in [-0.1, -0.05) is 0 Å². The van der Waals surface area contributed by atoms with Crippen LogP contribution in [0.5, 0.6) is 5.75 Å². The standard InChI is InChI=1S/C19H17F2N5O3S/c20-6-11(7-22)8-26-19(28)25(10-23-26)9-13-2-4-16(30-13)17-18(27)24-14-3-1-12(21)5-15(14)29-17/h1-6,10,17H,7-9,22H2,(H,24,27)/b11-6+. The van der Waals surface area contributed by atoms with Crippen molar-refractivity contribution >= 4 is 22.9 Å². The molecule has 1 aromatic carbocycles. The van der Waals surface area contributed by atoms with Crippen LogP contribution in [-0.2, 0) is 17.9 Å². The Morgan fingerprint density at radius 3 is 2.93 bits per heavy atom. The molecule has 1 amide bonds. The second kappa shape index (κ2) is 8.20. The zero-order chi connectivity index (χ0) is 21.3. The Morgan fingerprint density at radius 2 is 2.17 bits per heavy atom. The second-order valence-corrected chi connectivity index (χ2v) is 7.80. The fourth-order valence-electron chi connectivity index (χ4n) is 2.98. The Kier molecular flexibility index (Phi) is 5.46. The summed E-state index contributed by atoms with van der Waals surface area (Å²) in [6, 6.07) is 7.39. The molecule has 0 saturated heterocycles. The van der Waals surface area contributed by atoms with Crippen LogP contribution in [0.4, 0.5) is 14.5 Å². The number of ether oxygens (including phenoxy) is 1. The summed E-state index contributed by atoms with van der Waals surface area (Å²) in [6.45, 7) is 0.182. The second-order valence-electron chi connectivity index (χ2n) is 6.60. The lowest BCUT2D eigenvalue weighted by Gasteiger charge is -2.25. The summed E-state index contributed by atoms with van der Waals surface area (Å²) in [5, 5.41) is 6.67. The first-order valence-corrected chi connectivity index (χ1v) is 9.76. The predicted octanol–water partition coefficient (Wildman–Crippen LogP) is 2.18. The third-order valence-electron chi connectivity index (χ3n) is 4.52. The molecular formula is C19H17F2N5O3S. The number of fused-ring (bicyclic) bond motifs is 1. The molecule has 8 nitrogen and oxygen atoms in total. The highest BCUT2D eigenvalue weighted by molar-refractivity contribution is 7.12. The third-order valence-corrected chi connectivity index (χ3v) is 5.63. The number of thiophene rings is 1. The van der Waals surface area contributed by atoms with Crippen molar-refractivity contribution in [3.05, 3.63) is 74.6 Å². The molecule has 4 rings (SSSR count). The number of rotatable bonds is 6. The largest absolute Gasteiger partial charge is 0.473 e. The highest BCUT2D eigenvalue weighted by Crippen LogP contribution is 2.37. The number of hydrogen-bond donors (Lipinski definition) is 2. The number of nitrogens with one attached hydrogen (secondary N) is 1. The first-order chi connectivity index (χ1) is 14.5. The van der Waals surface area contributed by atoms with E-state index in [9.17, 15) is 18.4 Å². The summed E-state index contributed by atoms with van der Waals surface area (Å²) < 4.78 is 34.4. The summed E-state index contributed by atoms with van der Waals surface area (Å²) >= 11 is 1.29. The number of aromatic nitrogens is 3. The monoisotopic (exact) mass is 433 g/mol. The molecule has 11 heteroatoms. The maximum atomic E-state index is 13.5. The molecule has 0 saturated carbocycles. The maximum absolute atomic E-state index is 13.5. The van der Waals surface area contributed by atoms with E-state index in [1.165, 1.54) is 40.4 Å². The van der Waals surface area contributed by atoms with E-state index in [2.05, 4.69) is 10.4 Å². The average molecular weight is 433 g/mol. The lowest BCUT2D eigenvalue weighted by atomic mass is 10.2. The number of benzene rings is 1. The van der Waals surface area contributed by atoms with Gasteiger partial charge < -0.3 is 15.8 Å². The van der Waals surface area contributed by atoms with E-state index in [0.29, 0.717) is 16.9 Å². The van der Waals surface area contributed by atoms with Crippen LogP contribution in [0.2, 0.25) is 0 Å². The van der Waals surface area contributed by atoms with Crippen LogP contribution in [-0.4, -0.2) is 26.8 Å². The lowest BCUT2D eigenvalue weighted by molar-refractivity contribution is -0.123. The highest BCUT2D eigenvalue weighted by atomic mass is 32.1. The Balaban J connectivity index is 1.51. The van der Waals surface area contributed by atoms with Crippen LogP contribution < -0.4 is 21.5 Å². The molecule has 3 heterocycles. The molecule has 0 aliphatic carbocycles. The molecule has 1 aliphatic rings. The van der Waals surface area contributed by atoms with Gasteiger partial charge in [-0.05, 0) is 29.8 Å². The van der Waals surface area contributed by atoms with Crippen molar-refractivity contribution in [2.45, 2.75) is 19.2 Å². The zero-order valence-corrected chi connectivity index (χ0v) is 16.4. The minimum Gasteiger partial charge on any atom is -0.473 e. The Labute approximate surface area is 173 Å². The lowest BCUT2D eigenvalue weighted by Crippen LogP contribution is -2.29. The molecule has 0 spiro atoms. The molecule has 1 unspecified atom stereocenters. The van der Waals surface area contributed by atoms with Crippen molar-refractivity contribution < 1.29 is 18.3 Å². The molecule has 1 aliphatic heterocycles. The summed E-state index contributed by atoms with van der Waals surface area (Å²) in [5.74, 6) is -0.573. The quantitative estimate of drug-likeness (QED) is 0.620. The van der Waals surface area contributed by atoms with Gasteiger partial charge in [0.2, 0.25) is 6.10 Å². The van der Waals surface area contributed by atoms with E-state index >= 15 is 0 Å². The molecule has 3 N–H and O–H groups in total. The van der Waals surface area contributed by atoms with Crippen molar-refractivity contribution in [3.63, 3.8) is 0 Å². The van der Waals surface area contributed by atoms with Gasteiger partial charge in [0.25, 0.3) is 5.91 Å². The normalized spacial score (nSPS) is 16.2. The van der Waals surface area contributed by atoms with E-state index in [1.807, 2.05) is 0 Å². The van der Waals surface area contributed by atoms with E-state index in [1.54, 1.807) is 12.1 Å². The molecule has 0 bridgehead atoms. The van der Waals surface area contributed by atoms with Crippen LogP contribution in [0, 0.1) is 5.82 Å². The SMILES string of the molecule is NC/C(=C\F)Cn1ncn(Cc2ccc(C3Oc4cc(F)ccc4NC3=O)s2)c1=O. The smallest absolute Gasteiger partial charge is 0.346 e. The van der Waals surface area contributed by atoms with Crippen LogP contribution in [0.15, 0.2) is 53.4 Å². The molecule has 0 fully saturated rings. The van der Waals surface area contributed by atoms with Gasteiger partial charge in [-0.3, -0.25) is 9.36 Å². The maximum Gasteiger partial charge on any atom is 0.346 e. The van der Waals surface area contributed by atoms with Crippen LogP contribution in [0.25, 0.3) is 0 Å². The van der Waals surface area contributed by atoms with Gasteiger partial charge in [-0.25, -0.2) is 18.3 Å². The molecular weight excluding hydrogens is 416 g/mol. The number of amides is 1. The van der Waals surface area contributed by atoms with E-state index in [4.69, 9.17) is 10.5 Å². The molecule has 2 aromatic heterocycles. The zero-order valence-electron chi connectivity index (χ0n) is 15.5. The fourth-order valence-corrected chi connectivity index (χ4v) is 4.02. The Hall–Kier alpha value is -3.31. The number of carbonyl (C=O) groups is 1. The minimum atomic E-state index is -0.917. The first-order valence-electron chi connectivity index (χ1n) is 8.94. The van der Waals surface area contributed by atoms with Crippen LogP contribution in [0.3, 0.4) is 0 Å². The number of nitrogens with two attached hydrogens (primary N) is 1. The fraction of sp³-hybridized carbons (Fsp3) is 0.211. The number of carbonyl (C=O) groups excluding carboxylic acids is 1. The first kappa shape index (κ1) is 20.0. The summed E-state index contributed by atoms with van der Waals surface area (Å²) in [7, 11) is 0. The minimum absolute atomic E-state index is 0.0133. The van der Waals surface area contributed by atoms with E-state index in [0.717, 1.165) is 9.56 Å². The van der Waals surface area contributed by atoms with Crippen molar-refractivity contribution in [2.75, 3.05) is 11.9 Å². The topological polar surface area (TPSA) is 104 Å². The van der Waals surface area contributed by atoms with Crippen LogP contribution >= 0.6 is 11.3 Å². The molecule has 1 atom stereocenters. The highest BCUT2D eigenvalue weighted by Gasteiger charge is 2.30. The van der Waals surface area contributed by atoms with Gasteiger partial charge >= 0.3 is 5.69 Å². The van der Waals surface area contributed by atoms with Gasteiger partial charge in [0.15, 0.2) is 0 Å². The van der Waals surface area contributed by atoms with Gasteiger partial charge in [-0.2, -0.15) is 5.10 Å². The average Bonchev–Trinajstić information content (AvgIpc) is 3.33. The van der Waals surface area contributed by atoms with Crippen molar-refractivity contribution in [1.82, 2.24) is 14.3 Å².